The molecular formula is C15H21N3O. The van der Waals surface area contributed by atoms with Crippen molar-refractivity contribution in [3.63, 3.8) is 0 Å². The molecule has 1 aromatic carbocycles. The van der Waals surface area contributed by atoms with Crippen LogP contribution in [-0.4, -0.2) is 26.3 Å². The maximum atomic E-state index is 9.24. The minimum atomic E-state index is 0.277. The Morgan fingerprint density at radius 2 is 2.32 bits per heavy atom. The van der Waals surface area contributed by atoms with Gasteiger partial charge in [-0.15, -0.1) is 0 Å². The fraction of sp³-hybridized carbons (Fsp3) is 0.533. The summed E-state index contributed by atoms with van der Waals surface area (Å²) in [7, 11) is 2.01. The number of nitrogens with zero attached hydrogens (tertiary/aromatic N) is 2. The van der Waals surface area contributed by atoms with Crippen molar-refractivity contribution in [3.8, 4) is 6.07 Å². The summed E-state index contributed by atoms with van der Waals surface area (Å²) in [6, 6.07) is 8.08. The smallest absolute Gasteiger partial charge is 0.101 e. The van der Waals surface area contributed by atoms with Crippen molar-refractivity contribution < 1.29 is 4.74 Å². The van der Waals surface area contributed by atoms with Crippen molar-refractivity contribution in [1.82, 2.24) is 0 Å². The van der Waals surface area contributed by atoms with E-state index in [1.54, 1.807) is 0 Å². The maximum absolute atomic E-state index is 9.24. The number of hydrogen-bond acceptors (Lipinski definition) is 4. The van der Waals surface area contributed by atoms with E-state index in [9.17, 15) is 5.26 Å². The average Bonchev–Trinajstić information content (AvgIpc) is 2.47. The van der Waals surface area contributed by atoms with Gasteiger partial charge in [-0.1, -0.05) is 6.07 Å². The topological polar surface area (TPSA) is 62.3 Å². The van der Waals surface area contributed by atoms with Crippen molar-refractivity contribution >= 4 is 5.69 Å². The molecular weight excluding hydrogens is 238 g/mol. The van der Waals surface area contributed by atoms with Gasteiger partial charge in [0.25, 0.3) is 0 Å². The fourth-order valence-corrected chi connectivity index (χ4v) is 2.49. The van der Waals surface area contributed by atoms with E-state index in [0.29, 0.717) is 12.1 Å². The molecule has 0 aliphatic carbocycles. The molecule has 1 unspecified atom stereocenters. The molecule has 1 aliphatic rings. The van der Waals surface area contributed by atoms with Crippen molar-refractivity contribution in [2.24, 2.45) is 5.73 Å². The van der Waals surface area contributed by atoms with E-state index in [-0.39, 0.29) is 6.10 Å². The fourth-order valence-electron chi connectivity index (χ4n) is 2.49. The van der Waals surface area contributed by atoms with Gasteiger partial charge in [-0.2, -0.15) is 5.26 Å². The van der Waals surface area contributed by atoms with Gasteiger partial charge in [-0.25, -0.2) is 0 Å². The molecule has 102 valence electrons. The highest BCUT2D eigenvalue weighted by Gasteiger charge is 2.17. The summed E-state index contributed by atoms with van der Waals surface area (Å²) in [6.07, 6.45) is 3.78. The summed E-state index contributed by atoms with van der Waals surface area (Å²) >= 11 is 0. The van der Waals surface area contributed by atoms with Crippen LogP contribution in [0.1, 0.15) is 30.4 Å². The summed E-state index contributed by atoms with van der Waals surface area (Å²) in [6.45, 7) is 2.15. The lowest BCUT2D eigenvalue weighted by atomic mass is 10.1. The molecule has 0 radical (unpaired) electrons. The Balaban J connectivity index is 2.09. The van der Waals surface area contributed by atoms with Crippen LogP contribution in [0.5, 0.6) is 0 Å². The third kappa shape index (κ3) is 3.46. The molecule has 0 aromatic heterocycles. The molecule has 0 saturated carbocycles. The molecule has 4 heteroatoms. The number of likely N-dealkylation sites (N-methyl/N-ethyl adjacent to an activating group) is 1. The third-order valence-electron chi connectivity index (χ3n) is 3.58. The van der Waals surface area contributed by atoms with Crippen LogP contribution < -0.4 is 10.6 Å². The van der Waals surface area contributed by atoms with Crippen molar-refractivity contribution in [1.29, 1.82) is 5.26 Å². The first-order valence-corrected chi connectivity index (χ1v) is 6.80. The Bertz CT molecular complexity index is 461. The average molecular weight is 259 g/mol. The van der Waals surface area contributed by atoms with Crippen LogP contribution in [0, 0.1) is 11.3 Å². The number of benzene rings is 1. The van der Waals surface area contributed by atoms with E-state index in [1.165, 1.54) is 6.42 Å². The second-order valence-corrected chi connectivity index (χ2v) is 5.04. The molecule has 4 nitrogen and oxygen atoms in total. The van der Waals surface area contributed by atoms with Crippen LogP contribution >= 0.6 is 0 Å². The molecule has 1 aliphatic heterocycles. The van der Waals surface area contributed by atoms with Gasteiger partial charge in [-0.3, -0.25) is 0 Å². The Morgan fingerprint density at radius 1 is 1.47 bits per heavy atom. The van der Waals surface area contributed by atoms with Crippen molar-refractivity contribution in [3.05, 3.63) is 29.3 Å². The van der Waals surface area contributed by atoms with E-state index in [4.69, 9.17) is 10.5 Å². The summed E-state index contributed by atoms with van der Waals surface area (Å²) in [5.74, 6) is 0. The minimum Gasteiger partial charge on any atom is -0.376 e. The Morgan fingerprint density at radius 3 is 2.95 bits per heavy atom. The highest BCUT2D eigenvalue weighted by Crippen LogP contribution is 2.22. The quantitative estimate of drug-likeness (QED) is 0.898. The molecule has 1 saturated heterocycles. The van der Waals surface area contributed by atoms with Gasteiger partial charge in [-0.05, 0) is 37.0 Å². The van der Waals surface area contributed by atoms with Gasteiger partial charge >= 0.3 is 0 Å². The number of nitriles is 1. The lowest BCUT2D eigenvalue weighted by molar-refractivity contribution is 0.0216. The zero-order valence-corrected chi connectivity index (χ0v) is 11.4. The third-order valence-corrected chi connectivity index (χ3v) is 3.58. The molecule has 19 heavy (non-hydrogen) atoms. The van der Waals surface area contributed by atoms with Gasteiger partial charge in [0.15, 0.2) is 0 Å². The summed E-state index contributed by atoms with van der Waals surface area (Å²) < 4.78 is 5.74. The van der Waals surface area contributed by atoms with Gasteiger partial charge in [0.05, 0.1) is 17.4 Å². The van der Waals surface area contributed by atoms with E-state index in [0.717, 1.165) is 37.2 Å². The number of anilines is 1. The van der Waals surface area contributed by atoms with Crippen LogP contribution in [0.3, 0.4) is 0 Å². The van der Waals surface area contributed by atoms with E-state index >= 15 is 0 Å². The summed E-state index contributed by atoms with van der Waals surface area (Å²) in [4.78, 5) is 2.11. The van der Waals surface area contributed by atoms with E-state index in [1.807, 2.05) is 25.2 Å². The second kappa shape index (κ2) is 6.55. The highest BCUT2D eigenvalue weighted by atomic mass is 16.5. The molecule has 1 heterocycles. The predicted molar refractivity (Wildman–Crippen MR) is 75.9 cm³/mol. The number of nitrogens with two attached hydrogens (primary N) is 1. The van der Waals surface area contributed by atoms with E-state index < -0.39 is 0 Å². The Kier molecular flexibility index (Phi) is 4.78. The van der Waals surface area contributed by atoms with E-state index in [2.05, 4.69) is 11.0 Å². The molecule has 2 N–H and O–H groups in total. The maximum Gasteiger partial charge on any atom is 0.101 e. The SMILES string of the molecule is CN(CC1CCCCO1)c1ccc(CN)cc1C#N. The second-order valence-electron chi connectivity index (χ2n) is 5.04. The van der Waals surface area contributed by atoms with Crippen LogP contribution in [0.4, 0.5) is 5.69 Å². The van der Waals surface area contributed by atoms with Crippen molar-refractivity contribution in [2.75, 3.05) is 25.1 Å². The Labute approximate surface area is 114 Å². The molecule has 1 fully saturated rings. The van der Waals surface area contributed by atoms with Crippen LogP contribution in [0.2, 0.25) is 0 Å². The van der Waals surface area contributed by atoms with Gasteiger partial charge in [0, 0.05) is 26.7 Å². The van der Waals surface area contributed by atoms with Crippen LogP contribution in [0.15, 0.2) is 18.2 Å². The van der Waals surface area contributed by atoms with Gasteiger partial charge in [0.1, 0.15) is 6.07 Å². The predicted octanol–water partition coefficient (Wildman–Crippen LogP) is 2.02. The molecule has 0 amide bonds. The van der Waals surface area contributed by atoms with Crippen LogP contribution in [0.25, 0.3) is 0 Å². The molecule has 2 rings (SSSR count). The number of ether oxygens (including phenoxy) is 1. The normalized spacial score (nSPS) is 18.9. The lowest BCUT2D eigenvalue weighted by Crippen LogP contribution is -2.33. The number of rotatable bonds is 4. The molecule has 0 spiro atoms. The zero-order chi connectivity index (χ0) is 13.7. The van der Waals surface area contributed by atoms with Crippen molar-refractivity contribution in [2.45, 2.75) is 31.9 Å². The standard InChI is InChI=1S/C15H21N3O/c1-18(11-14-4-2-3-7-19-14)15-6-5-12(9-16)8-13(15)10-17/h5-6,8,14H,2-4,7,9,11,16H2,1H3. The first-order valence-electron chi connectivity index (χ1n) is 6.80. The lowest BCUT2D eigenvalue weighted by Gasteiger charge is -2.29. The largest absolute Gasteiger partial charge is 0.376 e. The first kappa shape index (κ1) is 13.9. The summed E-state index contributed by atoms with van der Waals surface area (Å²) in [5.41, 5.74) is 8.23. The monoisotopic (exact) mass is 259 g/mol. The first-order chi connectivity index (χ1) is 9.24. The van der Waals surface area contributed by atoms with Crippen LogP contribution in [-0.2, 0) is 11.3 Å². The minimum absolute atomic E-state index is 0.277. The Hall–Kier alpha value is -1.57. The van der Waals surface area contributed by atoms with Gasteiger partial charge < -0.3 is 15.4 Å². The zero-order valence-electron chi connectivity index (χ0n) is 11.4. The van der Waals surface area contributed by atoms with Gasteiger partial charge in [0.2, 0.25) is 0 Å². The summed E-state index contributed by atoms with van der Waals surface area (Å²) in [5, 5.41) is 9.24. The molecule has 1 aromatic rings. The number of hydrogen-bond donors (Lipinski definition) is 1. The highest BCUT2D eigenvalue weighted by molar-refractivity contribution is 5.60. The molecule has 1 atom stereocenters. The molecule has 0 bridgehead atoms.